The summed E-state index contributed by atoms with van der Waals surface area (Å²) in [5.41, 5.74) is 1.40. The molecule has 0 radical (unpaired) electrons. The number of ether oxygens (including phenoxy) is 1. The van der Waals surface area contributed by atoms with Gasteiger partial charge in [-0.05, 0) is 30.7 Å². The Labute approximate surface area is 128 Å². The maximum absolute atomic E-state index is 11.1. The highest BCUT2D eigenvalue weighted by molar-refractivity contribution is 6.30. The first-order valence-corrected chi connectivity index (χ1v) is 6.82. The Hall–Kier alpha value is -2.26. The minimum Gasteiger partial charge on any atom is -0.507 e. The largest absolute Gasteiger partial charge is 0.507 e. The van der Waals surface area contributed by atoms with Gasteiger partial charge in [0.2, 0.25) is 0 Å². The minimum atomic E-state index is -0.249. The van der Waals surface area contributed by atoms with Crippen LogP contribution < -0.4 is 4.74 Å². The van der Waals surface area contributed by atoms with Gasteiger partial charge in [-0.25, -0.2) is 0 Å². The SMILES string of the molecule is CC(=O)/C=C(\O)c1cc(Cl)ccc1OCc1ccccc1. The van der Waals surface area contributed by atoms with Crippen LogP contribution in [-0.4, -0.2) is 10.9 Å². The number of allylic oxidation sites excluding steroid dienone is 1. The molecular weight excluding hydrogens is 288 g/mol. The predicted octanol–water partition coefficient (Wildman–Crippen LogP) is 4.41. The summed E-state index contributed by atoms with van der Waals surface area (Å²) in [6.45, 7) is 1.73. The van der Waals surface area contributed by atoms with Crippen LogP contribution in [0.3, 0.4) is 0 Å². The molecule has 0 bridgehead atoms. The van der Waals surface area contributed by atoms with Crippen molar-refractivity contribution in [1.82, 2.24) is 0 Å². The van der Waals surface area contributed by atoms with Gasteiger partial charge in [0.05, 0.1) is 5.56 Å². The molecule has 0 heterocycles. The second-order valence-corrected chi connectivity index (χ2v) is 4.99. The van der Waals surface area contributed by atoms with Gasteiger partial charge in [-0.3, -0.25) is 4.79 Å². The Bertz CT molecular complexity index is 663. The molecular formula is C17H15ClO3. The summed E-state index contributed by atoms with van der Waals surface area (Å²) in [5, 5.41) is 10.5. The number of hydrogen-bond acceptors (Lipinski definition) is 3. The highest BCUT2D eigenvalue weighted by Gasteiger charge is 2.10. The van der Waals surface area contributed by atoms with Gasteiger partial charge in [0.1, 0.15) is 18.1 Å². The van der Waals surface area contributed by atoms with Gasteiger partial charge in [-0.1, -0.05) is 41.9 Å². The van der Waals surface area contributed by atoms with Crippen molar-refractivity contribution in [2.45, 2.75) is 13.5 Å². The highest BCUT2D eigenvalue weighted by atomic mass is 35.5. The average Bonchev–Trinajstić information content (AvgIpc) is 2.46. The van der Waals surface area contributed by atoms with Gasteiger partial charge in [-0.2, -0.15) is 0 Å². The number of halogens is 1. The number of benzene rings is 2. The van der Waals surface area contributed by atoms with E-state index in [-0.39, 0.29) is 11.5 Å². The van der Waals surface area contributed by atoms with E-state index in [2.05, 4.69) is 0 Å². The van der Waals surface area contributed by atoms with Crippen molar-refractivity contribution in [2.75, 3.05) is 0 Å². The molecule has 0 aliphatic rings. The Morgan fingerprint density at radius 1 is 1.24 bits per heavy atom. The first kappa shape index (κ1) is 15.1. The van der Waals surface area contributed by atoms with Crippen LogP contribution in [0.4, 0.5) is 0 Å². The fraction of sp³-hybridized carbons (Fsp3) is 0.118. The zero-order valence-electron chi connectivity index (χ0n) is 11.5. The molecule has 0 saturated carbocycles. The molecule has 4 heteroatoms. The Balaban J connectivity index is 2.25. The quantitative estimate of drug-likeness (QED) is 0.657. The number of aliphatic hydroxyl groups excluding tert-OH is 1. The molecule has 0 aromatic heterocycles. The van der Waals surface area contributed by atoms with Crippen LogP contribution in [0.1, 0.15) is 18.1 Å². The van der Waals surface area contributed by atoms with Crippen molar-refractivity contribution >= 4 is 23.1 Å². The fourth-order valence-electron chi connectivity index (χ4n) is 1.83. The number of carbonyl (C=O) groups is 1. The zero-order chi connectivity index (χ0) is 15.2. The van der Waals surface area contributed by atoms with E-state index in [1.165, 1.54) is 6.92 Å². The zero-order valence-corrected chi connectivity index (χ0v) is 12.3. The summed E-state index contributed by atoms with van der Waals surface area (Å²) in [4.78, 5) is 11.1. The summed E-state index contributed by atoms with van der Waals surface area (Å²) < 4.78 is 5.71. The van der Waals surface area contributed by atoms with Crippen molar-refractivity contribution in [1.29, 1.82) is 0 Å². The lowest BCUT2D eigenvalue weighted by molar-refractivity contribution is -0.112. The third-order valence-corrected chi connectivity index (χ3v) is 3.03. The fourth-order valence-corrected chi connectivity index (χ4v) is 2.01. The molecule has 0 unspecified atom stereocenters. The van der Waals surface area contributed by atoms with Gasteiger partial charge >= 0.3 is 0 Å². The van der Waals surface area contributed by atoms with Crippen molar-refractivity contribution in [2.24, 2.45) is 0 Å². The minimum absolute atomic E-state index is 0.159. The molecule has 1 N–H and O–H groups in total. The van der Waals surface area contributed by atoms with Crippen LogP contribution in [0.5, 0.6) is 5.75 Å². The summed E-state index contributed by atoms with van der Waals surface area (Å²) >= 11 is 5.94. The smallest absolute Gasteiger partial charge is 0.156 e. The van der Waals surface area contributed by atoms with Crippen LogP contribution in [0.2, 0.25) is 5.02 Å². The molecule has 2 aromatic rings. The second-order valence-electron chi connectivity index (χ2n) is 4.55. The molecule has 2 aromatic carbocycles. The van der Waals surface area contributed by atoms with Crippen LogP contribution >= 0.6 is 11.6 Å². The van der Waals surface area contributed by atoms with Gasteiger partial charge in [0, 0.05) is 11.1 Å². The van der Waals surface area contributed by atoms with E-state index in [0.29, 0.717) is 22.9 Å². The molecule has 0 saturated heterocycles. The number of rotatable bonds is 5. The number of aliphatic hydroxyl groups is 1. The molecule has 0 fully saturated rings. The van der Waals surface area contributed by atoms with Crippen LogP contribution in [0, 0.1) is 0 Å². The maximum atomic E-state index is 11.1. The molecule has 0 aliphatic heterocycles. The lowest BCUT2D eigenvalue weighted by atomic mass is 10.1. The molecule has 2 rings (SSSR count). The number of hydrogen-bond donors (Lipinski definition) is 1. The van der Waals surface area contributed by atoms with Gasteiger partial charge < -0.3 is 9.84 Å². The first-order chi connectivity index (χ1) is 10.1. The van der Waals surface area contributed by atoms with Gasteiger partial charge in [0.25, 0.3) is 0 Å². The molecule has 0 atom stereocenters. The maximum Gasteiger partial charge on any atom is 0.156 e. The summed E-state index contributed by atoms with van der Waals surface area (Å²) in [7, 11) is 0. The molecule has 108 valence electrons. The predicted molar refractivity (Wildman–Crippen MR) is 83.5 cm³/mol. The number of carbonyl (C=O) groups excluding carboxylic acids is 1. The van der Waals surface area contributed by atoms with Crippen molar-refractivity contribution in [3.63, 3.8) is 0 Å². The lowest BCUT2D eigenvalue weighted by Crippen LogP contribution is -1.99. The van der Waals surface area contributed by atoms with Crippen molar-refractivity contribution < 1.29 is 14.6 Å². The van der Waals surface area contributed by atoms with Gasteiger partial charge in [-0.15, -0.1) is 0 Å². The third-order valence-electron chi connectivity index (χ3n) is 2.79. The Kier molecular flexibility index (Phi) is 5.01. The highest BCUT2D eigenvalue weighted by Crippen LogP contribution is 2.28. The van der Waals surface area contributed by atoms with Crippen molar-refractivity contribution in [3.8, 4) is 5.75 Å². The standard InChI is InChI=1S/C17H15ClO3/c1-12(19)9-16(20)15-10-14(18)7-8-17(15)21-11-13-5-3-2-4-6-13/h2-10,20H,11H2,1H3/b16-9-. The van der Waals surface area contributed by atoms with E-state index in [1.54, 1.807) is 18.2 Å². The van der Waals surface area contributed by atoms with E-state index in [9.17, 15) is 9.90 Å². The third kappa shape index (κ3) is 4.36. The first-order valence-electron chi connectivity index (χ1n) is 6.44. The van der Waals surface area contributed by atoms with E-state index in [4.69, 9.17) is 16.3 Å². The normalized spacial score (nSPS) is 11.2. The van der Waals surface area contributed by atoms with E-state index in [0.717, 1.165) is 11.6 Å². The van der Waals surface area contributed by atoms with Crippen LogP contribution in [-0.2, 0) is 11.4 Å². The Morgan fingerprint density at radius 3 is 2.62 bits per heavy atom. The molecule has 0 aliphatic carbocycles. The molecule has 3 nitrogen and oxygen atoms in total. The van der Waals surface area contributed by atoms with Gasteiger partial charge in [0.15, 0.2) is 5.78 Å². The van der Waals surface area contributed by atoms with E-state index >= 15 is 0 Å². The summed E-state index contributed by atoms with van der Waals surface area (Å²) in [6.07, 6.45) is 1.14. The van der Waals surface area contributed by atoms with Crippen molar-refractivity contribution in [3.05, 3.63) is 70.8 Å². The van der Waals surface area contributed by atoms with Crippen LogP contribution in [0.15, 0.2) is 54.6 Å². The van der Waals surface area contributed by atoms with E-state index < -0.39 is 0 Å². The molecule has 21 heavy (non-hydrogen) atoms. The number of ketones is 1. The summed E-state index contributed by atoms with van der Waals surface area (Å²) in [5.74, 6) is 0.0628. The molecule has 0 amide bonds. The van der Waals surface area contributed by atoms with Crippen LogP contribution in [0.25, 0.3) is 5.76 Å². The topological polar surface area (TPSA) is 46.5 Å². The Morgan fingerprint density at radius 2 is 1.95 bits per heavy atom. The monoisotopic (exact) mass is 302 g/mol. The molecule has 0 spiro atoms. The van der Waals surface area contributed by atoms with E-state index in [1.807, 2.05) is 30.3 Å². The second kappa shape index (κ2) is 6.95. The lowest BCUT2D eigenvalue weighted by Gasteiger charge is -2.11. The summed E-state index contributed by atoms with van der Waals surface area (Å²) in [6, 6.07) is 14.6. The average molecular weight is 303 g/mol.